The molecular weight excluding hydrogens is 488 g/mol. The van der Waals surface area contributed by atoms with Crippen LogP contribution in [0.3, 0.4) is 0 Å². The van der Waals surface area contributed by atoms with Gasteiger partial charge in [0.1, 0.15) is 5.82 Å². The number of aryl methyl sites for hydroxylation is 1. The first kappa shape index (κ1) is 23.3. The number of rotatable bonds is 7. The first-order valence-electron chi connectivity index (χ1n) is 8.03. The van der Waals surface area contributed by atoms with Crippen molar-refractivity contribution in [2.75, 3.05) is 12.8 Å². The fraction of sp³-hybridized carbons (Fsp3) is 0.438. The number of nitrogens with zero attached hydrogens (tertiary/aromatic N) is 3. The van der Waals surface area contributed by atoms with Gasteiger partial charge in [-0.2, -0.15) is 4.98 Å². The molecule has 11 heteroatoms. The average molecular weight is 511 g/mol. The molecule has 1 aromatic carbocycles. The molecule has 0 fully saturated rings. The van der Waals surface area contributed by atoms with Crippen LogP contribution >= 0.6 is 24.0 Å². The molecule has 0 aliphatic carbocycles. The van der Waals surface area contributed by atoms with Gasteiger partial charge in [-0.1, -0.05) is 11.2 Å². The van der Waals surface area contributed by atoms with Crippen LogP contribution in [0.4, 0.5) is 4.39 Å². The number of benzene rings is 1. The highest BCUT2D eigenvalue weighted by Gasteiger charge is 2.11. The Bertz CT molecular complexity index is 886. The van der Waals surface area contributed by atoms with Crippen molar-refractivity contribution < 1.29 is 17.3 Å². The summed E-state index contributed by atoms with van der Waals surface area (Å²) in [7, 11) is -3.24. The molecule has 0 atom stereocenters. The largest absolute Gasteiger partial charge is 0.357 e. The minimum atomic E-state index is -3.24. The summed E-state index contributed by atoms with van der Waals surface area (Å²) in [5.41, 5.74) is 1.04. The minimum absolute atomic E-state index is 0. The Hall–Kier alpha value is -1.76. The number of halogens is 2. The summed E-state index contributed by atoms with van der Waals surface area (Å²) in [5, 5.41) is 9.79. The maximum Gasteiger partial charge on any atom is 0.246 e. The van der Waals surface area contributed by atoms with Crippen molar-refractivity contribution in [2.24, 2.45) is 4.99 Å². The second-order valence-corrected chi connectivity index (χ2v) is 7.91. The van der Waals surface area contributed by atoms with E-state index in [4.69, 9.17) is 4.52 Å². The number of aromatic nitrogens is 2. The van der Waals surface area contributed by atoms with E-state index in [9.17, 15) is 12.8 Å². The molecule has 0 spiro atoms. The van der Waals surface area contributed by atoms with Crippen molar-refractivity contribution in [3.63, 3.8) is 0 Å². The van der Waals surface area contributed by atoms with Crippen LogP contribution in [-0.4, -0.2) is 37.3 Å². The number of nitrogens with one attached hydrogen (secondary N) is 2. The summed E-state index contributed by atoms with van der Waals surface area (Å²) in [6, 6.07) is 4.02. The average Bonchev–Trinajstić information content (AvgIpc) is 2.96. The van der Waals surface area contributed by atoms with E-state index in [2.05, 4.69) is 25.8 Å². The standard InChI is InChI=1S/C16H22FN5O3S.HI/c1-4-18-16(20-9-15-21-11(2)22-25-15)19-8-13-7-14(17)6-5-12(13)10-26(3,23)24;/h5-7H,4,8-10H2,1-3H3,(H2,18,19,20);1H. The molecule has 27 heavy (non-hydrogen) atoms. The lowest BCUT2D eigenvalue weighted by molar-refractivity contribution is 0.371. The van der Waals surface area contributed by atoms with Crippen molar-refractivity contribution in [3.8, 4) is 0 Å². The van der Waals surface area contributed by atoms with Crippen molar-refractivity contribution in [1.82, 2.24) is 20.8 Å². The Kier molecular flexibility index (Phi) is 9.09. The highest BCUT2D eigenvalue weighted by Crippen LogP contribution is 2.15. The SMILES string of the molecule is CCNC(=NCc1cc(F)ccc1CS(C)(=O)=O)NCc1nc(C)no1.I. The van der Waals surface area contributed by atoms with E-state index < -0.39 is 15.7 Å². The quantitative estimate of drug-likeness (QED) is 0.332. The van der Waals surface area contributed by atoms with Gasteiger partial charge in [-0.15, -0.1) is 24.0 Å². The maximum atomic E-state index is 13.6. The third-order valence-electron chi connectivity index (χ3n) is 3.31. The lowest BCUT2D eigenvalue weighted by Crippen LogP contribution is -2.36. The molecular formula is C16H23FIN5O3S. The number of aliphatic imine (C=N–C) groups is 1. The molecule has 2 N–H and O–H groups in total. The second-order valence-electron chi connectivity index (χ2n) is 5.77. The van der Waals surface area contributed by atoms with Gasteiger partial charge in [0.25, 0.3) is 0 Å². The first-order valence-corrected chi connectivity index (χ1v) is 10.1. The number of hydrogen-bond acceptors (Lipinski definition) is 6. The van der Waals surface area contributed by atoms with Gasteiger partial charge in [-0.3, -0.25) is 0 Å². The zero-order valence-corrected chi connectivity index (χ0v) is 18.5. The van der Waals surface area contributed by atoms with E-state index in [-0.39, 0.29) is 42.8 Å². The van der Waals surface area contributed by atoms with Crippen LogP contribution in [0.1, 0.15) is 29.8 Å². The molecule has 1 heterocycles. The smallest absolute Gasteiger partial charge is 0.246 e. The van der Waals surface area contributed by atoms with Crippen LogP contribution in [-0.2, 0) is 28.7 Å². The zero-order chi connectivity index (χ0) is 19.2. The third-order valence-corrected chi connectivity index (χ3v) is 4.15. The Morgan fingerprint density at radius 1 is 1.30 bits per heavy atom. The normalized spacial score (nSPS) is 11.8. The summed E-state index contributed by atoms with van der Waals surface area (Å²) < 4.78 is 41.7. The van der Waals surface area contributed by atoms with Gasteiger partial charge < -0.3 is 15.2 Å². The molecule has 0 radical (unpaired) electrons. The van der Waals surface area contributed by atoms with E-state index in [1.807, 2.05) is 6.92 Å². The molecule has 0 saturated heterocycles. The van der Waals surface area contributed by atoms with Gasteiger partial charge in [0, 0.05) is 12.8 Å². The van der Waals surface area contributed by atoms with Gasteiger partial charge in [0.05, 0.1) is 18.8 Å². The molecule has 0 bridgehead atoms. The molecule has 8 nitrogen and oxygen atoms in total. The van der Waals surface area contributed by atoms with Crippen molar-refractivity contribution in [1.29, 1.82) is 0 Å². The Morgan fingerprint density at radius 2 is 2.04 bits per heavy atom. The zero-order valence-electron chi connectivity index (χ0n) is 15.3. The van der Waals surface area contributed by atoms with Gasteiger partial charge in [-0.25, -0.2) is 17.8 Å². The predicted molar refractivity (Wildman–Crippen MR) is 111 cm³/mol. The Balaban J connectivity index is 0.00000364. The van der Waals surface area contributed by atoms with E-state index >= 15 is 0 Å². The Morgan fingerprint density at radius 3 is 2.63 bits per heavy atom. The number of guanidine groups is 1. The molecule has 0 amide bonds. The van der Waals surface area contributed by atoms with Gasteiger partial charge in [0.15, 0.2) is 21.6 Å². The lowest BCUT2D eigenvalue weighted by Gasteiger charge is -2.11. The topological polar surface area (TPSA) is 109 Å². The number of sulfone groups is 1. The van der Waals surface area contributed by atoms with Gasteiger partial charge >= 0.3 is 0 Å². The summed E-state index contributed by atoms with van der Waals surface area (Å²) in [5.74, 6) is 0.818. The van der Waals surface area contributed by atoms with E-state index in [0.29, 0.717) is 35.3 Å². The van der Waals surface area contributed by atoms with Crippen LogP contribution in [0.15, 0.2) is 27.7 Å². The molecule has 0 aliphatic rings. The second kappa shape index (κ2) is 10.5. The van der Waals surface area contributed by atoms with E-state index in [1.54, 1.807) is 6.92 Å². The Labute approximate surface area is 175 Å². The summed E-state index contributed by atoms with van der Waals surface area (Å²) in [6.45, 7) is 4.66. The highest BCUT2D eigenvalue weighted by molar-refractivity contribution is 14.0. The molecule has 1 aromatic heterocycles. The molecule has 0 unspecified atom stereocenters. The van der Waals surface area contributed by atoms with E-state index in [1.165, 1.54) is 18.2 Å². The van der Waals surface area contributed by atoms with Crippen LogP contribution in [0.25, 0.3) is 0 Å². The van der Waals surface area contributed by atoms with Crippen LogP contribution in [0.5, 0.6) is 0 Å². The first-order chi connectivity index (χ1) is 12.3. The molecule has 0 aliphatic heterocycles. The summed E-state index contributed by atoms with van der Waals surface area (Å²) >= 11 is 0. The van der Waals surface area contributed by atoms with Gasteiger partial charge in [-0.05, 0) is 37.1 Å². The predicted octanol–water partition coefficient (Wildman–Crippen LogP) is 1.94. The van der Waals surface area contributed by atoms with E-state index in [0.717, 1.165) is 6.26 Å². The molecule has 2 rings (SSSR count). The molecule has 2 aromatic rings. The van der Waals surface area contributed by atoms with Crippen LogP contribution < -0.4 is 10.6 Å². The third kappa shape index (κ3) is 8.20. The lowest BCUT2D eigenvalue weighted by atomic mass is 10.1. The van der Waals surface area contributed by atoms with Crippen LogP contribution in [0.2, 0.25) is 0 Å². The highest BCUT2D eigenvalue weighted by atomic mass is 127. The fourth-order valence-electron chi connectivity index (χ4n) is 2.24. The summed E-state index contributed by atoms with van der Waals surface area (Å²) in [4.78, 5) is 8.47. The molecule has 0 saturated carbocycles. The van der Waals surface area contributed by atoms with Gasteiger partial charge in [0.2, 0.25) is 5.89 Å². The van der Waals surface area contributed by atoms with Crippen LogP contribution in [0, 0.1) is 12.7 Å². The minimum Gasteiger partial charge on any atom is -0.357 e. The fourth-order valence-corrected chi connectivity index (χ4v) is 3.09. The monoisotopic (exact) mass is 511 g/mol. The maximum absolute atomic E-state index is 13.6. The van der Waals surface area contributed by atoms with Crippen molar-refractivity contribution in [3.05, 3.63) is 46.9 Å². The molecule has 150 valence electrons. The van der Waals surface area contributed by atoms with Crippen molar-refractivity contribution in [2.45, 2.75) is 32.7 Å². The summed E-state index contributed by atoms with van der Waals surface area (Å²) in [6.07, 6.45) is 1.14. The number of hydrogen-bond donors (Lipinski definition) is 2. The van der Waals surface area contributed by atoms with Crippen molar-refractivity contribution >= 4 is 39.8 Å².